The Morgan fingerprint density at radius 1 is 1.27 bits per heavy atom. The Morgan fingerprint density at radius 3 is 2.18 bits per heavy atom. The minimum Gasteiger partial charge on any atom is -0.356 e. The molecule has 0 aromatic heterocycles. The second-order valence-electron chi connectivity index (χ2n) is 3.64. The van der Waals surface area contributed by atoms with E-state index >= 15 is 0 Å². The van der Waals surface area contributed by atoms with Crippen molar-refractivity contribution in [2.24, 2.45) is 11.8 Å². The molecule has 11 heavy (non-hydrogen) atoms. The second-order valence-corrected chi connectivity index (χ2v) is 3.64. The number of hydrogen-bond acceptors (Lipinski definition) is 1. The summed E-state index contributed by atoms with van der Waals surface area (Å²) < 4.78 is 0. The minimum absolute atomic E-state index is 0.310. The van der Waals surface area contributed by atoms with Gasteiger partial charge < -0.3 is 5.32 Å². The number of nitrogens with one attached hydrogen (secondary N) is 1. The van der Waals surface area contributed by atoms with Crippen molar-refractivity contribution in [3.05, 3.63) is 0 Å². The first kappa shape index (κ1) is 10.5. The van der Waals surface area contributed by atoms with Crippen LogP contribution in [-0.2, 0) is 4.79 Å². The Bertz CT molecular complexity index is 112. The normalized spacial score (nSPS) is 16.1. The lowest BCUT2D eigenvalue weighted by atomic mass is 9.92. The standard InChI is InChI=1S/C9H19NO/c1-7(2)8(3)5-9(4)10-6-11/h6-9H,5H2,1-4H3,(H,10,11)/t8-,9?/m1/s1. The van der Waals surface area contributed by atoms with Gasteiger partial charge in [-0.3, -0.25) is 4.79 Å². The van der Waals surface area contributed by atoms with E-state index in [9.17, 15) is 4.79 Å². The molecule has 0 bridgehead atoms. The number of carbonyl (C=O) groups is 1. The maximum atomic E-state index is 10.1. The maximum Gasteiger partial charge on any atom is 0.207 e. The predicted octanol–water partition coefficient (Wildman–Crippen LogP) is 1.80. The molecular weight excluding hydrogens is 138 g/mol. The number of amides is 1. The molecule has 0 aromatic carbocycles. The van der Waals surface area contributed by atoms with Crippen LogP contribution in [-0.4, -0.2) is 12.5 Å². The van der Waals surface area contributed by atoms with Crippen LogP contribution in [0.15, 0.2) is 0 Å². The summed E-state index contributed by atoms with van der Waals surface area (Å²) in [5, 5.41) is 2.75. The van der Waals surface area contributed by atoms with Crippen molar-refractivity contribution in [1.29, 1.82) is 0 Å². The summed E-state index contributed by atoms with van der Waals surface area (Å²) in [5.41, 5.74) is 0. The van der Waals surface area contributed by atoms with Crippen LogP contribution in [0, 0.1) is 11.8 Å². The first-order valence-electron chi connectivity index (χ1n) is 4.27. The van der Waals surface area contributed by atoms with Gasteiger partial charge in [0.25, 0.3) is 0 Å². The van der Waals surface area contributed by atoms with Crippen molar-refractivity contribution in [3.8, 4) is 0 Å². The molecule has 0 saturated heterocycles. The molecule has 66 valence electrons. The molecule has 1 amide bonds. The Kier molecular flexibility index (Phi) is 4.92. The lowest BCUT2D eigenvalue weighted by Crippen LogP contribution is -2.27. The molecule has 0 saturated carbocycles. The molecule has 0 heterocycles. The monoisotopic (exact) mass is 157 g/mol. The molecule has 0 spiro atoms. The Hall–Kier alpha value is -0.530. The van der Waals surface area contributed by atoms with Gasteiger partial charge in [-0.15, -0.1) is 0 Å². The average molecular weight is 157 g/mol. The van der Waals surface area contributed by atoms with Crippen LogP contribution in [0.25, 0.3) is 0 Å². The highest BCUT2D eigenvalue weighted by Crippen LogP contribution is 2.15. The van der Waals surface area contributed by atoms with Crippen LogP contribution < -0.4 is 5.32 Å². The van der Waals surface area contributed by atoms with Crippen LogP contribution in [0.2, 0.25) is 0 Å². The van der Waals surface area contributed by atoms with Gasteiger partial charge in [-0.2, -0.15) is 0 Å². The van der Waals surface area contributed by atoms with Gasteiger partial charge in [0.15, 0.2) is 0 Å². The van der Waals surface area contributed by atoms with Crippen LogP contribution in [0.4, 0.5) is 0 Å². The van der Waals surface area contributed by atoms with Gasteiger partial charge in [0.2, 0.25) is 6.41 Å². The van der Waals surface area contributed by atoms with E-state index < -0.39 is 0 Å². The summed E-state index contributed by atoms with van der Waals surface area (Å²) in [6, 6.07) is 0.310. The van der Waals surface area contributed by atoms with Crippen molar-refractivity contribution in [2.75, 3.05) is 0 Å². The van der Waals surface area contributed by atoms with Gasteiger partial charge in [0, 0.05) is 6.04 Å². The van der Waals surface area contributed by atoms with Crippen molar-refractivity contribution >= 4 is 6.41 Å². The van der Waals surface area contributed by atoms with E-state index in [4.69, 9.17) is 0 Å². The zero-order valence-corrected chi connectivity index (χ0v) is 7.92. The fourth-order valence-electron chi connectivity index (χ4n) is 1.01. The first-order chi connectivity index (χ1) is 5.07. The second kappa shape index (κ2) is 5.16. The average Bonchev–Trinajstić information content (AvgIpc) is 1.87. The smallest absolute Gasteiger partial charge is 0.207 e. The highest BCUT2D eigenvalue weighted by Gasteiger charge is 2.10. The topological polar surface area (TPSA) is 29.1 Å². The van der Waals surface area contributed by atoms with Crippen LogP contribution in [0.3, 0.4) is 0 Å². The van der Waals surface area contributed by atoms with Crippen molar-refractivity contribution in [1.82, 2.24) is 5.32 Å². The summed E-state index contributed by atoms with van der Waals surface area (Å²) in [7, 11) is 0. The molecule has 0 aliphatic heterocycles. The van der Waals surface area contributed by atoms with Gasteiger partial charge in [0.05, 0.1) is 0 Å². The largest absolute Gasteiger partial charge is 0.356 e. The number of hydrogen-bond donors (Lipinski definition) is 1. The molecule has 1 unspecified atom stereocenters. The lowest BCUT2D eigenvalue weighted by molar-refractivity contribution is -0.110. The molecule has 2 atom stereocenters. The van der Waals surface area contributed by atoms with Crippen molar-refractivity contribution < 1.29 is 4.79 Å². The molecule has 0 fully saturated rings. The Balaban J connectivity index is 3.56. The summed E-state index contributed by atoms with van der Waals surface area (Å²) in [5.74, 6) is 1.38. The third-order valence-electron chi connectivity index (χ3n) is 2.22. The van der Waals surface area contributed by atoms with Crippen molar-refractivity contribution in [2.45, 2.75) is 40.2 Å². The Morgan fingerprint density at radius 2 is 1.82 bits per heavy atom. The summed E-state index contributed by atoms with van der Waals surface area (Å²) >= 11 is 0. The van der Waals surface area contributed by atoms with Crippen molar-refractivity contribution in [3.63, 3.8) is 0 Å². The maximum absolute atomic E-state index is 10.1. The molecule has 2 heteroatoms. The Labute approximate surface area is 69.4 Å². The summed E-state index contributed by atoms with van der Waals surface area (Å²) in [4.78, 5) is 10.1. The number of carbonyl (C=O) groups excluding carboxylic acids is 1. The van der Waals surface area contributed by atoms with Crippen LogP contribution >= 0.6 is 0 Å². The SMILES string of the molecule is CC(C[C@@H](C)C(C)C)NC=O. The van der Waals surface area contributed by atoms with E-state index in [1.54, 1.807) is 0 Å². The zero-order valence-electron chi connectivity index (χ0n) is 7.92. The highest BCUT2D eigenvalue weighted by molar-refractivity contribution is 5.46. The molecule has 0 aliphatic rings. The molecule has 0 rings (SSSR count). The summed E-state index contributed by atoms with van der Waals surface area (Å²) in [6.45, 7) is 8.66. The zero-order chi connectivity index (χ0) is 8.85. The van der Waals surface area contributed by atoms with Gasteiger partial charge in [0.1, 0.15) is 0 Å². The van der Waals surface area contributed by atoms with E-state index in [1.807, 2.05) is 6.92 Å². The minimum atomic E-state index is 0.310. The number of rotatable bonds is 5. The van der Waals surface area contributed by atoms with Gasteiger partial charge in [-0.05, 0) is 25.2 Å². The van der Waals surface area contributed by atoms with E-state index in [0.717, 1.165) is 12.8 Å². The molecule has 2 nitrogen and oxygen atoms in total. The molecule has 1 N–H and O–H groups in total. The van der Waals surface area contributed by atoms with Gasteiger partial charge in [-0.25, -0.2) is 0 Å². The lowest BCUT2D eigenvalue weighted by Gasteiger charge is -2.19. The molecule has 0 aromatic rings. The fraction of sp³-hybridized carbons (Fsp3) is 0.889. The third kappa shape index (κ3) is 4.82. The van der Waals surface area contributed by atoms with Crippen LogP contribution in [0.1, 0.15) is 34.1 Å². The molecule has 0 radical (unpaired) electrons. The van der Waals surface area contributed by atoms with Crippen LogP contribution in [0.5, 0.6) is 0 Å². The van der Waals surface area contributed by atoms with E-state index in [1.165, 1.54) is 0 Å². The highest BCUT2D eigenvalue weighted by atomic mass is 16.1. The third-order valence-corrected chi connectivity index (χ3v) is 2.22. The molecule has 0 aliphatic carbocycles. The van der Waals surface area contributed by atoms with E-state index in [0.29, 0.717) is 17.9 Å². The van der Waals surface area contributed by atoms with E-state index in [2.05, 4.69) is 26.1 Å². The van der Waals surface area contributed by atoms with Gasteiger partial charge in [-0.1, -0.05) is 20.8 Å². The first-order valence-corrected chi connectivity index (χ1v) is 4.27. The predicted molar refractivity (Wildman–Crippen MR) is 47.3 cm³/mol. The van der Waals surface area contributed by atoms with Gasteiger partial charge >= 0.3 is 0 Å². The quantitative estimate of drug-likeness (QED) is 0.606. The molecular formula is C9H19NO. The van der Waals surface area contributed by atoms with E-state index in [-0.39, 0.29) is 0 Å². The summed E-state index contributed by atoms with van der Waals surface area (Å²) in [6.07, 6.45) is 1.84. The fourth-order valence-corrected chi connectivity index (χ4v) is 1.01.